The molecule has 160 valence electrons. The molecule has 2 amide bonds. The van der Waals surface area contributed by atoms with Crippen LogP contribution in [0.1, 0.15) is 23.1 Å². The second kappa shape index (κ2) is 9.34. The van der Waals surface area contributed by atoms with Gasteiger partial charge in [-0.2, -0.15) is 18.4 Å². The number of benzene rings is 2. The number of nitrogens with zero attached hydrogens (tertiary/aromatic N) is 2. The van der Waals surface area contributed by atoms with Gasteiger partial charge in [0.15, 0.2) is 0 Å². The van der Waals surface area contributed by atoms with E-state index in [1.54, 1.807) is 6.07 Å². The molecule has 0 saturated carbocycles. The molecule has 1 aromatic heterocycles. The third kappa shape index (κ3) is 5.42. The molecule has 1 heterocycles. The summed E-state index contributed by atoms with van der Waals surface area (Å²) in [5.41, 5.74) is 0.980. The van der Waals surface area contributed by atoms with Gasteiger partial charge in [-0.3, -0.25) is 0 Å². The first-order valence-electron chi connectivity index (χ1n) is 9.55. The Bertz CT molecular complexity index is 1140. The molecule has 0 fully saturated rings. The lowest BCUT2D eigenvalue weighted by atomic mass is 10.1. The van der Waals surface area contributed by atoms with Crippen molar-refractivity contribution in [2.45, 2.75) is 19.5 Å². The van der Waals surface area contributed by atoms with E-state index in [-0.39, 0.29) is 12.2 Å². The first-order valence-corrected chi connectivity index (χ1v) is 9.55. The molecule has 0 atom stereocenters. The third-order valence-electron chi connectivity index (χ3n) is 4.58. The Morgan fingerprint density at radius 2 is 1.90 bits per heavy atom. The number of carbonyl (C=O) groups is 1. The second-order valence-corrected chi connectivity index (χ2v) is 6.85. The highest BCUT2D eigenvalue weighted by molar-refractivity contribution is 5.90. The number of carbonyl (C=O) groups excluding carboxylic acids is 1. The van der Waals surface area contributed by atoms with Crippen LogP contribution in [0.4, 0.5) is 29.5 Å². The number of aromatic nitrogens is 1. The lowest BCUT2D eigenvalue weighted by Crippen LogP contribution is -2.31. The summed E-state index contributed by atoms with van der Waals surface area (Å²) in [6, 6.07) is 13.7. The number of fused-ring (bicyclic) bond motifs is 1. The van der Waals surface area contributed by atoms with Gasteiger partial charge in [0.25, 0.3) is 0 Å². The van der Waals surface area contributed by atoms with Gasteiger partial charge in [-0.1, -0.05) is 30.3 Å². The number of alkyl halides is 3. The van der Waals surface area contributed by atoms with Crippen molar-refractivity contribution in [3.05, 3.63) is 65.2 Å². The molecule has 0 bridgehead atoms. The zero-order valence-electron chi connectivity index (χ0n) is 16.7. The average molecular weight is 427 g/mol. The molecule has 3 aromatic rings. The van der Waals surface area contributed by atoms with Crippen molar-refractivity contribution in [2.75, 3.05) is 23.7 Å². The molecule has 2 aromatic carbocycles. The number of nitriles is 1. The van der Waals surface area contributed by atoms with E-state index in [4.69, 9.17) is 0 Å². The summed E-state index contributed by atoms with van der Waals surface area (Å²) in [5, 5.41) is 18.1. The Labute approximate surface area is 177 Å². The molecule has 9 heteroatoms. The molecule has 0 radical (unpaired) electrons. The summed E-state index contributed by atoms with van der Waals surface area (Å²) in [6.07, 6.45) is -4.08. The van der Waals surface area contributed by atoms with Gasteiger partial charge in [-0.05, 0) is 37.1 Å². The standard InChI is InChI=1S/C22H20F3N5O/c1-14-6-4-7-15-12-16(13-26)20(30-19(14)15)27-10-5-11-28-21(31)29-18-9-3-2-8-17(18)22(23,24)25/h2-4,6-9,12H,5,10-11H2,1H3,(H,27,30)(H2,28,29,31). The quantitative estimate of drug-likeness (QED) is 0.480. The number of aryl methyl sites for hydroxylation is 1. The summed E-state index contributed by atoms with van der Waals surface area (Å²) in [7, 11) is 0. The summed E-state index contributed by atoms with van der Waals surface area (Å²) >= 11 is 0. The van der Waals surface area contributed by atoms with E-state index in [1.807, 2.05) is 25.1 Å². The van der Waals surface area contributed by atoms with Gasteiger partial charge in [0.2, 0.25) is 0 Å². The van der Waals surface area contributed by atoms with Gasteiger partial charge in [0.05, 0.1) is 22.3 Å². The Balaban J connectivity index is 1.53. The molecule has 0 aliphatic rings. The van der Waals surface area contributed by atoms with Crippen LogP contribution in [0.25, 0.3) is 10.9 Å². The highest BCUT2D eigenvalue weighted by Crippen LogP contribution is 2.34. The summed E-state index contributed by atoms with van der Waals surface area (Å²) in [5.74, 6) is 0.452. The van der Waals surface area contributed by atoms with Crippen molar-refractivity contribution in [2.24, 2.45) is 0 Å². The van der Waals surface area contributed by atoms with Gasteiger partial charge in [-0.15, -0.1) is 0 Å². The van der Waals surface area contributed by atoms with E-state index in [1.165, 1.54) is 18.2 Å². The Morgan fingerprint density at radius 3 is 2.65 bits per heavy atom. The van der Waals surface area contributed by atoms with Crippen LogP contribution in [-0.2, 0) is 6.18 Å². The Hall–Kier alpha value is -3.80. The monoisotopic (exact) mass is 427 g/mol. The van der Waals surface area contributed by atoms with Gasteiger partial charge in [-0.25, -0.2) is 9.78 Å². The molecule has 3 N–H and O–H groups in total. The van der Waals surface area contributed by atoms with Crippen LogP contribution in [0.5, 0.6) is 0 Å². The number of hydrogen-bond donors (Lipinski definition) is 3. The lowest BCUT2D eigenvalue weighted by molar-refractivity contribution is -0.136. The number of anilines is 2. The van der Waals surface area contributed by atoms with E-state index in [0.29, 0.717) is 24.3 Å². The van der Waals surface area contributed by atoms with Crippen LogP contribution in [0.3, 0.4) is 0 Å². The van der Waals surface area contributed by atoms with Crippen molar-refractivity contribution in [1.82, 2.24) is 10.3 Å². The molecule has 31 heavy (non-hydrogen) atoms. The van der Waals surface area contributed by atoms with Crippen LogP contribution in [-0.4, -0.2) is 24.1 Å². The zero-order chi connectivity index (χ0) is 22.4. The maximum Gasteiger partial charge on any atom is 0.418 e. The topological polar surface area (TPSA) is 89.8 Å². The zero-order valence-corrected chi connectivity index (χ0v) is 16.7. The second-order valence-electron chi connectivity index (χ2n) is 6.85. The fraction of sp³-hybridized carbons (Fsp3) is 0.227. The molecule has 0 spiro atoms. The average Bonchev–Trinajstić information content (AvgIpc) is 2.73. The number of pyridine rings is 1. The highest BCUT2D eigenvalue weighted by Gasteiger charge is 2.33. The maximum absolute atomic E-state index is 13.0. The largest absolute Gasteiger partial charge is 0.418 e. The molecule has 3 rings (SSSR count). The predicted molar refractivity (Wildman–Crippen MR) is 113 cm³/mol. The molecular formula is C22H20F3N5O. The molecule has 0 aliphatic carbocycles. The summed E-state index contributed by atoms with van der Waals surface area (Å²) in [6.45, 7) is 2.57. The highest BCUT2D eigenvalue weighted by atomic mass is 19.4. The minimum absolute atomic E-state index is 0.224. The number of rotatable bonds is 6. The maximum atomic E-state index is 13.0. The molecular weight excluding hydrogens is 407 g/mol. The van der Waals surface area contributed by atoms with Crippen molar-refractivity contribution >= 4 is 28.4 Å². The van der Waals surface area contributed by atoms with Gasteiger partial charge in [0.1, 0.15) is 11.9 Å². The molecule has 6 nitrogen and oxygen atoms in total. The van der Waals surface area contributed by atoms with Gasteiger partial charge in [0, 0.05) is 18.5 Å². The van der Waals surface area contributed by atoms with Crippen molar-refractivity contribution in [1.29, 1.82) is 5.26 Å². The first kappa shape index (κ1) is 21.9. The molecule has 0 unspecified atom stereocenters. The molecule has 0 aliphatic heterocycles. The van der Waals surface area contributed by atoms with E-state index < -0.39 is 17.8 Å². The fourth-order valence-corrected chi connectivity index (χ4v) is 3.07. The number of amides is 2. The van der Waals surface area contributed by atoms with Crippen LogP contribution >= 0.6 is 0 Å². The van der Waals surface area contributed by atoms with Crippen LogP contribution < -0.4 is 16.0 Å². The summed E-state index contributed by atoms with van der Waals surface area (Å²) in [4.78, 5) is 16.5. The Kier molecular flexibility index (Phi) is 6.60. The Morgan fingerprint density at radius 1 is 1.13 bits per heavy atom. The predicted octanol–water partition coefficient (Wildman–Crippen LogP) is 5.06. The molecule has 0 saturated heterocycles. The SMILES string of the molecule is Cc1cccc2cc(C#N)c(NCCCNC(=O)Nc3ccccc3C(F)(F)F)nc12. The lowest BCUT2D eigenvalue weighted by Gasteiger charge is -2.14. The number of hydrogen-bond acceptors (Lipinski definition) is 4. The van der Waals surface area contributed by atoms with Crippen molar-refractivity contribution in [3.63, 3.8) is 0 Å². The van der Waals surface area contributed by atoms with Gasteiger partial charge < -0.3 is 16.0 Å². The van der Waals surface area contributed by atoms with Gasteiger partial charge >= 0.3 is 12.2 Å². The fourth-order valence-electron chi connectivity index (χ4n) is 3.07. The minimum Gasteiger partial charge on any atom is -0.369 e. The van der Waals surface area contributed by atoms with E-state index in [9.17, 15) is 23.2 Å². The van der Waals surface area contributed by atoms with Crippen molar-refractivity contribution < 1.29 is 18.0 Å². The van der Waals surface area contributed by atoms with E-state index >= 15 is 0 Å². The van der Waals surface area contributed by atoms with E-state index in [2.05, 4.69) is 27.0 Å². The van der Waals surface area contributed by atoms with E-state index in [0.717, 1.165) is 22.5 Å². The summed E-state index contributed by atoms with van der Waals surface area (Å²) < 4.78 is 39.0. The van der Waals surface area contributed by atoms with Crippen molar-refractivity contribution in [3.8, 4) is 6.07 Å². The normalized spacial score (nSPS) is 11.1. The smallest absolute Gasteiger partial charge is 0.369 e. The minimum atomic E-state index is -4.56. The number of para-hydroxylation sites is 2. The van der Waals surface area contributed by atoms with Crippen LogP contribution in [0, 0.1) is 18.3 Å². The number of nitrogens with one attached hydrogen (secondary N) is 3. The van der Waals surface area contributed by atoms with Crippen LogP contribution in [0.15, 0.2) is 48.5 Å². The number of urea groups is 1. The number of halogens is 3. The van der Waals surface area contributed by atoms with Crippen LogP contribution in [0.2, 0.25) is 0 Å². The third-order valence-corrected chi connectivity index (χ3v) is 4.58. The first-order chi connectivity index (χ1) is 14.8.